The van der Waals surface area contributed by atoms with Crippen molar-refractivity contribution in [2.45, 2.75) is 13.0 Å². The zero-order valence-corrected chi connectivity index (χ0v) is 8.84. The molecule has 1 aromatic heterocycles. The SMILES string of the molecule is C[C@@H](Nc1cn[nH]c(=O)n1)c1ccccc1. The summed E-state index contributed by atoms with van der Waals surface area (Å²) in [6.45, 7) is 2.00. The van der Waals surface area contributed by atoms with Crippen LogP contribution in [0.25, 0.3) is 0 Å². The van der Waals surface area contributed by atoms with E-state index in [4.69, 9.17) is 0 Å². The van der Waals surface area contributed by atoms with Gasteiger partial charge in [0.05, 0.1) is 6.20 Å². The normalized spacial score (nSPS) is 12.1. The van der Waals surface area contributed by atoms with Gasteiger partial charge in [-0.3, -0.25) is 0 Å². The maximum atomic E-state index is 10.9. The van der Waals surface area contributed by atoms with Crippen LogP contribution in [-0.2, 0) is 0 Å². The molecule has 0 unspecified atom stereocenters. The smallest absolute Gasteiger partial charge is 0.362 e. The molecule has 0 aliphatic heterocycles. The summed E-state index contributed by atoms with van der Waals surface area (Å²) in [5, 5.41) is 9.00. The van der Waals surface area contributed by atoms with Crippen molar-refractivity contribution in [1.82, 2.24) is 15.2 Å². The lowest BCUT2D eigenvalue weighted by atomic mass is 10.1. The van der Waals surface area contributed by atoms with Gasteiger partial charge in [-0.05, 0) is 12.5 Å². The lowest BCUT2D eigenvalue weighted by Gasteiger charge is -2.13. The van der Waals surface area contributed by atoms with Gasteiger partial charge in [0.15, 0.2) is 5.82 Å². The van der Waals surface area contributed by atoms with Gasteiger partial charge in [-0.2, -0.15) is 10.1 Å². The number of benzene rings is 1. The highest BCUT2D eigenvalue weighted by molar-refractivity contribution is 5.34. The maximum Gasteiger partial charge on any atom is 0.363 e. The Hall–Kier alpha value is -2.17. The third-order valence-electron chi connectivity index (χ3n) is 2.23. The monoisotopic (exact) mass is 216 g/mol. The molecule has 0 bridgehead atoms. The third kappa shape index (κ3) is 2.44. The molecule has 2 rings (SSSR count). The van der Waals surface area contributed by atoms with Gasteiger partial charge in [0, 0.05) is 6.04 Å². The highest BCUT2D eigenvalue weighted by atomic mass is 16.1. The molecular weight excluding hydrogens is 204 g/mol. The predicted octanol–water partition coefficient (Wildman–Crippen LogP) is 1.34. The van der Waals surface area contributed by atoms with Crippen LogP contribution in [0.2, 0.25) is 0 Å². The number of nitrogens with one attached hydrogen (secondary N) is 2. The molecule has 0 amide bonds. The Kier molecular flexibility index (Phi) is 2.95. The summed E-state index contributed by atoms with van der Waals surface area (Å²) >= 11 is 0. The number of anilines is 1. The van der Waals surface area contributed by atoms with Crippen molar-refractivity contribution in [3.05, 3.63) is 52.6 Å². The van der Waals surface area contributed by atoms with Gasteiger partial charge in [-0.25, -0.2) is 9.89 Å². The van der Waals surface area contributed by atoms with Crippen molar-refractivity contribution in [1.29, 1.82) is 0 Å². The molecule has 1 heterocycles. The molecule has 1 aromatic carbocycles. The van der Waals surface area contributed by atoms with Crippen LogP contribution in [0.5, 0.6) is 0 Å². The Bertz CT molecular complexity index is 509. The first-order valence-corrected chi connectivity index (χ1v) is 4.99. The zero-order chi connectivity index (χ0) is 11.4. The minimum absolute atomic E-state index is 0.0808. The average molecular weight is 216 g/mol. The summed E-state index contributed by atoms with van der Waals surface area (Å²) in [5.74, 6) is 0.472. The topological polar surface area (TPSA) is 70.7 Å². The van der Waals surface area contributed by atoms with Crippen LogP contribution >= 0.6 is 0 Å². The number of hydrogen-bond acceptors (Lipinski definition) is 4. The summed E-state index contributed by atoms with van der Waals surface area (Å²) in [7, 11) is 0. The van der Waals surface area contributed by atoms with Crippen LogP contribution in [-0.4, -0.2) is 15.2 Å². The van der Waals surface area contributed by atoms with Crippen molar-refractivity contribution in [2.24, 2.45) is 0 Å². The van der Waals surface area contributed by atoms with Crippen LogP contribution in [0.15, 0.2) is 41.3 Å². The largest absolute Gasteiger partial charge is 0.363 e. The van der Waals surface area contributed by atoms with Crippen molar-refractivity contribution in [2.75, 3.05) is 5.32 Å². The molecule has 16 heavy (non-hydrogen) atoms. The van der Waals surface area contributed by atoms with E-state index < -0.39 is 5.69 Å². The molecule has 5 nitrogen and oxygen atoms in total. The van der Waals surface area contributed by atoms with Crippen LogP contribution in [0.3, 0.4) is 0 Å². The van der Waals surface area contributed by atoms with Crippen LogP contribution < -0.4 is 11.0 Å². The molecule has 0 saturated heterocycles. The Morgan fingerprint density at radius 2 is 2.06 bits per heavy atom. The van der Waals surface area contributed by atoms with Gasteiger partial charge in [0.2, 0.25) is 0 Å². The van der Waals surface area contributed by atoms with E-state index >= 15 is 0 Å². The van der Waals surface area contributed by atoms with Crippen molar-refractivity contribution >= 4 is 5.82 Å². The lowest BCUT2D eigenvalue weighted by molar-refractivity contribution is 0.845. The molecule has 0 fully saturated rings. The van der Waals surface area contributed by atoms with E-state index in [1.54, 1.807) is 0 Å². The van der Waals surface area contributed by atoms with Gasteiger partial charge in [-0.15, -0.1) is 0 Å². The van der Waals surface area contributed by atoms with Crippen molar-refractivity contribution in [3.8, 4) is 0 Å². The van der Waals surface area contributed by atoms with Gasteiger partial charge in [-0.1, -0.05) is 30.3 Å². The van der Waals surface area contributed by atoms with Crippen LogP contribution in [0.1, 0.15) is 18.5 Å². The molecule has 5 heteroatoms. The number of H-pyrrole nitrogens is 1. The van der Waals surface area contributed by atoms with E-state index in [2.05, 4.69) is 20.5 Å². The first kappa shape index (κ1) is 10.4. The highest BCUT2D eigenvalue weighted by Gasteiger charge is 2.05. The fraction of sp³-hybridized carbons (Fsp3) is 0.182. The summed E-state index contributed by atoms with van der Waals surface area (Å²) in [5.41, 5.74) is 0.676. The standard InChI is InChI=1S/C11H12N4O/c1-8(9-5-3-2-4-6-9)13-10-7-12-15-11(16)14-10/h2-8H,1H3,(H2,13,14,15,16)/t8-/m1/s1. The van der Waals surface area contributed by atoms with E-state index in [0.717, 1.165) is 5.56 Å². The predicted molar refractivity (Wildman–Crippen MR) is 61.1 cm³/mol. The molecule has 0 aliphatic carbocycles. The molecule has 82 valence electrons. The third-order valence-corrected chi connectivity index (χ3v) is 2.23. The number of rotatable bonds is 3. The van der Waals surface area contributed by atoms with Crippen molar-refractivity contribution in [3.63, 3.8) is 0 Å². The molecule has 0 spiro atoms. The molecule has 0 aliphatic rings. The Labute approximate surface area is 92.6 Å². The lowest BCUT2D eigenvalue weighted by Crippen LogP contribution is -2.16. The van der Waals surface area contributed by atoms with Gasteiger partial charge in [0.1, 0.15) is 0 Å². The second kappa shape index (κ2) is 4.57. The second-order valence-electron chi connectivity index (χ2n) is 3.45. The first-order valence-electron chi connectivity index (χ1n) is 4.99. The minimum Gasteiger partial charge on any atom is -0.362 e. The maximum absolute atomic E-state index is 10.9. The highest BCUT2D eigenvalue weighted by Crippen LogP contribution is 2.15. The molecule has 0 radical (unpaired) electrons. The summed E-state index contributed by atoms with van der Waals surface area (Å²) in [6.07, 6.45) is 1.49. The van der Waals surface area contributed by atoms with Gasteiger partial charge >= 0.3 is 5.69 Å². The summed E-state index contributed by atoms with van der Waals surface area (Å²) in [6, 6.07) is 10.0. The first-order chi connectivity index (χ1) is 7.75. The van der Waals surface area contributed by atoms with Crippen LogP contribution in [0.4, 0.5) is 5.82 Å². The summed E-state index contributed by atoms with van der Waals surface area (Å²) in [4.78, 5) is 14.7. The minimum atomic E-state index is -0.453. The van der Waals surface area contributed by atoms with Gasteiger partial charge < -0.3 is 5.32 Å². The Morgan fingerprint density at radius 1 is 1.31 bits per heavy atom. The summed E-state index contributed by atoms with van der Waals surface area (Å²) < 4.78 is 0. The van der Waals surface area contributed by atoms with Gasteiger partial charge in [0.25, 0.3) is 0 Å². The van der Waals surface area contributed by atoms with E-state index in [9.17, 15) is 4.79 Å². The van der Waals surface area contributed by atoms with E-state index in [0.29, 0.717) is 5.82 Å². The van der Waals surface area contributed by atoms with E-state index in [1.807, 2.05) is 37.3 Å². The molecular formula is C11H12N4O. The average Bonchev–Trinajstić information content (AvgIpc) is 2.30. The van der Waals surface area contributed by atoms with E-state index in [1.165, 1.54) is 6.20 Å². The molecule has 1 atom stereocenters. The quantitative estimate of drug-likeness (QED) is 0.812. The van der Waals surface area contributed by atoms with Crippen molar-refractivity contribution < 1.29 is 0 Å². The fourth-order valence-electron chi connectivity index (χ4n) is 1.43. The number of nitrogens with zero attached hydrogens (tertiary/aromatic N) is 2. The second-order valence-corrected chi connectivity index (χ2v) is 3.45. The van der Waals surface area contributed by atoms with Crippen LogP contribution in [0, 0.1) is 0 Å². The number of hydrogen-bond donors (Lipinski definition) is 2. The molecule has 0 saturated carbocycles. The molecule has 2 aromatic rings. The van der Waals surface area contributed by atoms with E-state index in [-0.39, 0.29) is 6.04 Å². The molecule has 2 N–H and O–H groups in total. The Morgan fingerprint density at radius 3 is 2.75 bits per heavy atom. The zero-order valence-electron chi connectivity index (χ0n) is 8.84. The Balaban J connectivity index is 2.14. The fourth-order valence-corrected chi connectivity index (χ4v) is 1.43. The number of aromatic amines is 1. The number of aromatic nitrogens is 3.